The van der Waals surface area contributed by atoms with Crippen molar-refractivity contribution in [2.75, 3.05) is 19.3 Å². The number of benzene rings is 1. The number of hydrogen-bond donors (Lipinski definition) is 2. The quantitative estimate of drug-likeness (QED) is 0.866. The molecule has 8 heteroatoms. The van der Waals surface area contributed by atoms with E-state index in [2.05, 4.69) is 5.32 Å². The fourth-order valence-electron chi connectivity index (χ4n) is 2.25. The molecule has 19 heavy (non-hydrogen) atoms. The largest absolute Gasteiger partial charge is 0.386 e. The fourth-order valence-corrected chi connectivity index (χ4v) is 3.84. The molecule has 2 rings (SSSR count). The van der Waals surface area contributed by atoms with Gasteiger partial charge in [0.05, 0.1) is 0 Å². The van der Waals surface area contributed by atoms with Crippen LogP contribution in [0.5, 0.6) is 0 Å². The van der Waals surface area contributed by atoms with Crippen molar-refractivity contribution >= 4 is 22.2 Å². The molecule has 1 heterocycles. The van der Waals surface area contributed by atoms with E-state index < -0.39 is 32.3 Å². The Hall–Kier alpha value is -0.760. The number of sulfone groups is 1. The molecule has 2 N–H and O–H groups in total. The van der Waals surface area contributed by atoms with Gasteiger partial charge in [-0.3, -0.25) is 0 Å². The summed E-state index contributed by atoms with van der Waals surface area (Å²) >= 11 is 0. The van der Waals surface area contributed by atoms with E-state index in [-0.39, 0.29) is 31.1 Å². The first-order valence-electron chi connectivity index (χ1n) is 5.30. The third kappa shape index (κ3) is 3.22. The monoisotopic (exact) mass is 313 g/mol. The number of β-amino-alcohol motifs (C(OH)–C–C–N with tert-alkyl or cyclic N) is 1. The molecule has 1 fully saturated rings. The molecular formula is C11H14ClF2NO3S. The van der Waals surface area contributed by atoms with Gasteiger partial charge in [0.1, 0.15) is 22.5 Å². The minimum Gasteiger partial charge on any atom is -0.386 e. The third-order valence-corrected chi connectivity index (χ3v) is 4.53. The molecule has 0 bridgehead atoms. The van der Waals surface area contributed by atoms with Crippen LogP contribution >= 0.6 is 12.4 Å². The number of nitrogens with one attached hydrogen (secondary N) is 1. The van der Waals surface area contributed by atoms with Crippen molar-refractivity contribution in [1.29, 1.82) is 0 Å². The summed E-state index contributed by atoms with van der Waals surface area (Å²) in [5.41, 5.74) is -1.59. The second kappa shape index (κ2) is 5.32. The molecule has 1 atom stereocenters. The van der Waals surface area contributed by atoms with Gasteiger partial charge in [-0.1, -0.05) is 0 Å². The van der Waals surface area contributed by atoms with Crippen molar-refractivity contribution in [3.8, 4) is 0 Å². The molecule has 1 aliphatic heterocycles. The lowest BCUT2D eigenvalue weighted by Crippen LogP contribution is -2.64. The van der Waals surface area contributed by atoms with Gasteiger partial charge in [0.15, 0.2) is 9.84 Å². The normalized spacial score (nSPS) is 19.2. The fraction of sp³-hybridized carbons (Fsp3) is 0.455. The smallest absolute Gasteiger partial charge is 0.157 e. The average Bonchev–Trinajstić information content (AvgIpc) is 2.11. The van der Waals surface area contributed by atoms with Crippen LogP contribution in [0.1, 0.15) is 10.8 Å². The number of hydrogen-bond acceptors (Lipinski definition) is 4. The molecule has 4 nitrogen and oxygen atoms in total. The Kier molecular flexibility index (Phi) is 4.56. The minimum absolute atomic E-state index is 0. The summed E-state index contributed by atoms with van der Waals surface area (Å²) in [6.07, 6.45) is 0.941. The minimum atomic E-state index is -3.69. The highest BCUT2D eigenvalue weighted by atomic mass is 35.5. The SMILES string of the molecule is CS(=O)(=O)C(c1cc(F)cc(F)c1)C1(O)CNC1.Cl. The Morgan fingerprint density at radius 1 is 1.26 bits per heavy atom. The second-order valence-electron chi connectivity index (χ2n) is 4.62. The lowest BCUT2D eigenvalue weighted by molar-refractivity contribution is -0.0140. The highest BCUT2D eigenvalue weighted by molar-refractivity contribution is 7.91. The molecule has 1 aliphatic rings. The predicted molar refractivity (Wildman–Crippen MR) is 69.0 cm³/mol. The third-order valence-electron chi connectivity index (χ3n) is 2.97. The highest BCUT2D eigenvalue weighted by Crippen LogP contribution is 2.36. The van der Waals surface area contributed by atoms with E-state index in [9.17, 15) is 22.3 Å². The number of aliphatic hydroxyl groups is 1. The van der Waals surface area contributed by atoms with Crippen LogP contribution in [0.15, 0.2) is 18.2 Å². The van der Waals surface area contributed by atoms with Crippen LogP contribution in [-0.4, -0.2) is 38.5 Å². The molecule has 1 aromatic carbocycles. The molecule has 0 radical (unpaired) electrons. The first kappa shape index (κ1) is 16.3. The summed E-state index contributed by atoms with van der Waals surface area (Å²) in [5, 5.41) is 11.6. The van der Waals surface area contributed by atoms with Crippen LogP contribution in [0, 0.1) is 11.6 Å². The molecule has 0 aromatic heterocycles. The lowest BCUT2D eigenvalue weighted by Gasteiger charge is -2.43. The highest BCUT2D eigenvalue weighted by Gasteiger charge is 2.48. The molecule has 1 aromatic rings. The zero-order valence-electron chi connectivity index (χ0n) is 10.1. The van der Waals surface area contributed by atoms with Crippen LogP contribution in [0.25, 0.3) is 0 Å². The van der Waals surface area contributed by atoms with Crippen LogP contribution < -0.4 is 5.32 Å². The van der Waals surface area contributed by atoms with Crippen molar-refractivity contribution in [3.05, 3.63) is 35.4 Å². The summed E-state index contributed by atoms with van der Waals surface area (Å²) in [7, 11) is -3.69. The van der Waals surface area contributed by atoms with Crippen LogP contribution in [0.4, 0.5) is 8.78 Å². The van der Waals surface area contributed by atoms with E-state index >= 15 is 0 Å². The summed E-state index contributed by atoms with van der Waals surface area (Å²) in [6.45, 7) is 0.145. The maximum atomic E-state index is 13.2. The topological polar surface area (TPSA) is 66.4 Å². The van der Waals surface area contributed by atoms with E-state index in [1.54, 1.807) is 0 Å². The van der Waals surface area contributed by atoms with E-state index in [0.717, 1.165) is 18.4 Å². The van der Waals surface area contributed by atoms with Gasteiger partial charge in [-0.25, -0.2) is 17.2 Å². The van der Waals surface area contributed by atoms with Crippen molar-refractivity contribution in [3.63, 3.8) is 0 Å². The van der Waals surface area contributed by atoms with Gasteiger partial charge in [0.25, 0.3) is 0 Å². The van der Waals surface area contributed by atoms with Gasteiger partial charge in [-0.2, -0.15) is 0 Å². The molecule has 0 saturated carbocycles. The molecular weight excluding hydrogens is 300 g/mol. The molecule has 1 saturated heterocycles. The number of rotatable bonds is 3. The number of halogens is 3. The summed E-state index contributed by atoms with van der Waals surface area (Å²) in [5.74, 6) is -1.73. The van der Waals surface area contributed by atoms with Gasteiger partial charge in [0.2, 0.25) is 0 Å². The van der Waals surface area contributed by atoms with E-state index in [1.165, 1.54) is 0 Å². The van der Waals surface area contributed by atoms with Gasteiger partial charge in [0, 0.05) is 25.4 Å². The van der Waals surface area contributed by atoms with E-state index in [1.807, 2.05) is 0 Å². The molecule has 0 amide bonds. The van der Waals surface area contributed by atoms with E-state index in [0.29, 0.717) is 6.07 Å². The van der Waals surface area contributed by atoms with E-state index in [4.69, 9.17) is 0 Å². The van der Waals surface area contributed by atoms with Crippen LogP contribution in [-0.2, 0) is 9.84 Å². The summed E-state index contributed by atoms with van der Waals surface area (Å²) in [6, 6.07) is 2.53. The van der Waals surface area contributed by atoms with Gasteiger partial charge < -0.3 is 10.4 Å². The van der Waals surface area contributed by atoms with Crippen LogP contribution in [0.2, 0.25) is 0 Å². The molecule has 0 spiro atoms. The van der Waals surface area contributed by atoms with Crippen molar-refractivity contribution in [1.82, 2.24) is 5.32 Å². The van der Waals surface area contributed by atoms with Gasteiger partial charge >= 0.3 is 0 Å². The zero-order valence-corrected chi connectivity index (χ0v) is 11.7. The van der Waals surface area contributed by atoms with Crippen molar-refractivity contribution in [2.24, 2.45) is 0 Å². The Balaban J connectivity index is 0.00000180. The molecule has 0 aliphatic carbocycles. The zero-order chi connectivity index (χ0) is 13.6. The van der Waals surface area contributed by atoms with Crippen LogP contribution in [0.3, 0.4) is 0 Å². The second-order valence-corrected chi connectivity index (χ2v) is 6.75. The Labute approximate surface area is 116 Å². The molecule has 108 valence electrons. The maximum Gasteiger partial charge on any atom is 0.157 e. The predicted octanol–water partition coefficient (Wildman–Crippen LogP) is 0.807. The van der Waals surface area contributed by atoms with Crippen molar-refractivity contribution < 1.29 is 22.3 Å². The summed E-state index contributed by atoms with van der Waals surface area (Å²) < 4.78 is 49.8. The lowest BCUT2D eigenvalue weighted by atomic mass is 9.88. The molecule has 1 unspecified atom stereocenters. The average molecular weight is 314 g/mol. The maximum absolute atomic E-state index is 13.2. The Morgan fingerprint density at radius 3 is 2.05 bits per heavy atom. The van der Waals surface area contributed by atoms with Gasteiger partial charge in [-0.15, -0.1) is 12.4 Å². The van der Waals surface area contributed by atoms with Gasteiger partial charge in [-0.05, 0) is 17.7 Å². The first-order valence-corrected chi connectivity index (χ1v) is 7.26. The standard InChI is InChI=1S/C11H13F2NO3S.ClH/c1-18(16,17)10(11(15)5-14-6-11)7-2-8(12)4-9(13)3-7;/h2-4,10,14-15H,5-6H2,1H3;1H. The Morgan fingerprint density at radius 2 is 1.74 bits per heavy atom. The summed E-state index contributed by atoms with van der Waals surface area (Å²) in [4.78, 5) is 0. The van der Waals surface area contributed by atoms with Crippen molar-refractivity contribution in [2.45, 2.75) is 10.9 Å². The first-order chi connectivity index (χ1) is 8.22. The Bertz CT molecular complexity index is 555.